The molecule has 0 aliphatic rings. The number of rotatable bonds is 5. The Hall–Kier alpha value is -2.39. The smallest absolute Gasteiger partial charge is 0.341 e. The molecular weight excluding hydrogens is 364 g/mol. The van der Waals surface area contributed by atoms with Gasteiger partial charge in [0.1, 0.15) is 10.6 Å². The summed E-state index contributed by atoms with van der Waals surface area (Å²) in [6.45, 7) is 3.57. The Morgan fingerprint density at radius 2 is 2.00 bits per heavy atom. The number of hydrogen-bond acceptors (Lipinski definition) is 7. The van der Waals surface area contributed by atoms with Gasteiger partial charge in [-0.15, -0.1) is 23.1 Å². The predicted octanol–water partition coefficient (Wildman–Crippen LogP) is 4.03. The largest absolute Gasteiger partial charge is 0.465 e. The van der Waals surface area contributed by atoms with Gasteiger partial charge in [0, 0.05) is 15.8 Å². The Bertz CT molecular complexity index is 860. The second-order valence-electron chi connectivity index (χ2n) is 5.07. The second kappa shape index (κ2) is 7.66. The monoisotopic (exact) mass is 380 g/mol. The van der Waals surface area contributed by atoms with Crippen LogP contribution in [0.5, 0.6) is 0 Å². The summed E-state index contributed by atoms with van der Waals surface area (Å²) in [7, 11) is 1.26. The van der Waals surface area contributed by atoms with E-state index in [-0.39, 0.29) is 16.8 Å². The van der Waals surface area contributed by atoms with Crippen molar-refractivity contribution in [3.63, 3.8) is 0 Å². The average molecular weight is 380 g/mol. The summed E-state index contributed by atoms with van der Waals surface area (Å²) < 4.78 is 4.76. The lowest BCUT2D eigenvalue weighted by Crippen LogP contribution is -2.16. The molecule has 1 heterocycles. The van der Waals surface area contributed by atoms with Crippen LogP contribution in [0.4, 0.5) is 10.7 Å². The van der Waals surface area contributed by atoms with Gasteiger partial charge in [-0.1, -0.05) is 0 Å². The van der Waals surface area contributed by atoms with Crippen LogP contribution in [0.3, 0.4) is 0 Å². The third-order valence-electron chi connectivity index (χ3n) is 3.65. The number of thiophene rings is 1. The number of benzene rings is 1. The molecule has 25 heavy (non-hydrogen) atoms. The predicted molar refractivity (Wildman–Crippen MR) is 98.0 cm³/mol. The fourth-order valence-corrected chi connectivity index (χ4v) is 3.70. The van der Waals surface area contributed by atoms with Gasteiger partial charge in [-0.3, -0.25) is 14.9 Å². The molecule has 0 radical (unpaired) electrons. The molecular formula is C16H16N2O5S2. The summed E-state index contributed by atoms with van der Waals surface area (Å²) in [4.78, 5) is 36.8. The maximum Gasteiger partial charge on any atom is 0.341 e. The van der Waals surface area contributed by atoms with Gasteiger partial charge in [-0.25, -0.2) is 4.79 Å². The molecule has 132 valence electrons. The highest BCUT2D eigenvalue weighted by atomic mass is 32.2. The first kappa shape index (κ1) is 18.9. The number of thioether (sulfide) groups is 1. The van der Waals surface area contributed by atoms with Crippen molar-refractivity contribution in [3.8, 4) is 0 Å². The van der Waals surface area contributed by atoms with E-state index >= 15 is 0 Å². The summed E-state index contributed by atoms with van der Waals surface area (Å²) >= 11 is 2.60. The molecule has 0 spiro atoms. The van der Waals surface area contributed by atoms with Gasteiger partial charge in [0.15, 0.2) is 0 Å². The first-order valence-corrected chi connectivity index (χ1v) is 9.16. The summed E-state index contributed by atoms with van der Waals surface area (Å²) in [5.41, 5.74) is 0.623. The number of aryl methyl sites for hydroxylation is 1. The van der Waals surface area contributed by atoms with E-state index in [2.05, 4.69) is 5.32 Å². The molecule has 0 bridgehead atoms. The summed E-state index contributed by atoms with van der Waals surface area (Å²) in [5.74, 6) is -1.21. The van der Waals surface area contributed by atoms with E-state index in [0.717, 1.165) is 9.77 Å². The molecule has 0 fully saturated rings. The molecule has 0 saturated heterocycles. The van der Waals surface area contributed by atoms with Crippen molar-refractivity contribution in [1.82, 2.24) is 0 Å². The van der Waals surface area contributed by atoms with Crippen LogP contribution in [0.1, 0.15) is 31.2 Å². The van der Waals surface area contributed by atoms with Crippen LogP contribution in [0.25, 0.3) is 0 Å². The minimum absolute atomic E-state index is 0.0589. The standard InChI is InChI=1S/C16H16N2O5S2/c1-8-9(2)25-15(13(8)16(20)23-3)17-14(19)11-7-10(24-4)5-6-12(11)18(21)22/h5-7H,1-4H3,(H,17,19). The number of amides is 1. The van der Waals surface area contributed by atoms with Crippen molar-refractivity contribution in [3.05, 3.63) is 49.9 Å². The quantitative estimate of drug-likeness (QED) is 0.364. The number of esters is 1. The van der Waals surface area contributed by atoms with E-state index in [0.29, 0.717) is 10.6 Å². The summed E-state index contributed by atoms with van der Waals surface area (Å²) in [6, 6.07) is 4.34. The molecule has 0 aliphatic heterocycles. The number of anilines is 1. The number of methoxy groups -OCH3 is 1. The van der Waals surface area contributed by atoms with Gasteiger partial charge < -0.3 is 10.1 Å². The highest BCUT2D eigenvalue weighted by molar-refractivity contribution is 7.98. The first-order chi connectivity index (χ1) is 11.8. The van der Waals surface area contributed by atoms with Gasteiger partial charge in [-0.2, -0.15) is 0 Å². The van der Waals surface area contributed by atoms with Crippen molar-refractivity contribution >= 4 is 45.7 Å². The molecule has 9 heteroatoms. The molecule has 0 atom stereocenters. The molecule has 1 aromatic heterocycles. The fourth-order valence-electron chi connectivity index (χ4n) is 2.22. The fraction of sp³-hybridized carbons (Fsp3) is 0.250. The molecule has 0 saturated carbocycles. The van der Waals surface area contributed by atoms with E-state index in [1.54, 1.807) is 13.0 Å². The molecule has 0 aliphatic carbocycles. The molecule has 0 unspecified atom stereocenters. The van der Waals surface area contributed by atoms with Gasteiger partial charge in [-0.05, 0) is 37.8 Å². The number of nitrogens with zero attached hydrogens (tertiary/aromatic N) is 1. The molecule has 1 N–H and O–H groups in total. The number of hydrogen-bond donors (Lipinski definition) is 1. The van der Waals surface area contributed by atoms with Crippen molar-refractivity contribution in [2.75, 3.05) is 18.7 Å². The van der Waals surface area contributed by atoms with Crippen LogP contribution in [0, 0.1) is 24.0 Å². The lowest BCUT2D eigenvalue weighted by atomic mass is 10.1. The van der Waals surface area contributed by atoms with Gasteiger partial charge in [0.05, 0.1) is 17.6 Å². The molecule has 2 aromatic rings. The number of nitro benzene ring substituents is 1. The Morgan fingerprint density at radius 3 is 2.56 bits per heavy atom. The number of carbonyl (C=O) groups excluding carboxylic acids is 2. The third-order valence-corrected chi connectivity index (χ3v) is 5.49. The lowest BCUT2D eigenvalue weighted by Gasteiger charge is -2.08. The van der Waals surface area contributed by atoms with Crippen LogP contribution < -0.4 is 5.32 Å². The highest BCUT2D eigenvalue weighted by Crippen LogP contribution is 2.34. The summed E-state index contributed by atoms with van der Waals surface area (Å²) in [6.07, 6.45) is 1.81. The zero-order chi connectivity index (χ0) is 18.7. The molecule has 1 amide bonds. The zero-order valence-corrected chi connectivity index (χ0v) is 15.7. The van der Waals surface area contributed by atoms with E-state index in [4.69, 9.17) is 4.74 Å². The van der Waals surface area contributed by atoms with Crippen LogP contribution in [-0.4, -0.2) is 30.2 Å². The third kappa shape index (κ3) is 3.83. The van der Waals surface area contributed by atoms with Crippen molar-refractivity contribution in [1.29, 1.82) is 0 Å². The Kier molecular flexibility index (Phi) is 5.81. The minimum Gasteiger partial charge on any atom is -0.465 e. The highest BCUT2D eigenvalue weighted by Gasteiger charge is 2.25. The molecule has 7 nitrogen and oxygen atoms in total. The van der Waals surface area contributed by atoms with Crippen molar-refractivity contribution < 1.29 is 19.2 Å². The topological polar surface area (TPSA) is 98.5 Å². The Labute approximate surface area is 152 Å². The van der Waals surface area contributed by atoms with Gasteiger partial charge in [0.25, 0.3) is 11.6 Å². The zero-order valence-electron chi connectivity index (χ0n) is 14.0. The molecule has 1 aromatic carbocycles. The Morgan fingerprint density at radius 1 is 1.32 bits per heavy atom. The number of nitro groups is 1. The van der Waals surface area contributed by atoms with Crippen LogP contribution >= 0.6 is 23.1 Å². The molecule has 2 rings (SSSR count). The van der Waals surface area contributed by atoms with E-state index in [1.165, 1.54) is 42.3 Å². The van der Waals surface area contributed by atoms with Gasteiger partial charge in [0.2, 0.25) is 0 Å². The number of carbonyl (C=O) groups is 2. The van der Waals surface area contributed by atoms with Crippen LogP contribution in [0.15, 0.2) is 23.1 Å². The second-order valence-corrected chi connectivity index (χ2v) is 7.18. The van der Waals surface area contributed by atoms with E-state index in [9.17, 15) is 19.7 Å². The van der Waals surface area contributed by atoms with E-state index in [1.807, 2.05) is 13.2 Å². The van der Waals surface area contributed by atoms with Crippen molar-refractivity contribution in [2.24, 2.45) is 0 Å². The van der Waals surface area contributed by atoms with E-state index < -0.39 is 16.8 Å². The van der Waals surface area contributed by atoms with Crippen LogP contribution in [-0.2, 0) is 4.74 Å². The van der Waals surface area contributed by atoms with Crippen LogP contribution in [0.2, 0.25) is 0 Å². The minimum atomic E-state index is -0.644. The Balaban J connectivity index is 2.46. The van der Waals surface area contributed by atoms with Crippen molar-refractivity contribution in [2.45, 2.75) is 18.7 Å². The average Bonchev–Trinajstić information content (AvgIpc) is 2.87. The first-order valence-electron chi connectivity index (χ1n) is 7.12. The maximum absolute atomic E-state index is 12.6. The maximum atomic E-state index is 12.6. The SMILES string of the molecule is COC(=O)c1c(NC(=O)c2cc(SC)ccc2[N+](=O)[O-])sc(C)c1C. The summed E-state index contributed by atoms with van der Waals surface area (Å²) in [5, 5.41) is 14.1. The normalized spacial score (nSPS) is 10.4. The number of ether oxygens (including phenoxy) is 1. The number of nitrogens with one attached hydrogen (secondary N) is 1. The van der Waals surface area contributed by atoms with Gasteiger partial charge >= 0.3 is 5.97 Å². The lowest BCUT2D eigenvalue weighted by molar-refractivity contribution is -0.385.